The molecule has 0 aromatic carbocycles. The molecular weight excluding hydrogens is 296 g/mol. The first-order valence-corrected chi connectivity index (χ1v) is 7.68. The van der Waals surface area contributed by atoms with Gasteiger partial charge in [-0.15, -0.1) is 6.58 Å². The maximum Gasteiger partial charge on any atom is 0.327 e. The summed E-state index contributed by atoms with van der Waals surface area (Å²) in [6.45, 7) is 4.28. The molecule has 1 N–H and O–H groups in total. The van der Waals surface area contributed by atoms with Crippen LogP contribution in [0.2, 0.25) is 0 Å². The summed E-state index contributed by atoms with van der Waals surface area (Å²) in [5, 5.41) is 2.97. The van der Waals surface area contributed by atoms with Crippen LogP contribution < -0.4 is 5.32 Å². The molecule has 0 bridgehead atoms. The molecule has 3 heterocycles. The minimum atomic E-state index is -0.477. The van der Waals surface area contributed by atoms with Gasteiger partial charge in [0.2, 0.25) is 0 Å². The van der Waals surface area contributed by atoms with E-state index >= 15 is 0 Å². The quantitative estimate of drug-likeness (QED) is 0.657. The Morgan fingerprint density at radius 2 is 2.26 bits per heavy atom. The Morgan fingerprint density at radius 3 is 2.91 bits per heavy atom. The minimum absolute atomic E-state index is 0.112. The van der Waals surface area contributed by atoms with Crippen LogP contribution >= 0.6 is 0 Å². The number of nitrogens with zero attached hydrogens (tertiary/aromatic N) is 3. The minimum Gasteiger partial charge on any atom is -0.348 e. The van der Waals surface area contributed by atoms with E-state index in [1.54, 1.807) is 21.6 Å². The molecule has 2 aliphatic heterocycles. The lowest BCUT2D eigenvalue weighted by atomic mass is 9.98. The fourth-order valence-corrected chi connectivity index (χ4v) is 3.24. The van der Waals surface area contributed by atoms with Gasteiger partial charge in [0.25, 0.3) is 11.8 Å². The van der Waals surface area contributed by atoms with Crippen LogP contribution in [0.25, 0.3) is 0 Å². The number of rotatable bonds is 4. The van der Waals surface area contributed by atoms with Gasteiger partial charge in [-0.05, 0) is 25.0 Å². The van der Waals surface area contributed by atoms with Crippen LogP contribution in [0, 0.1) is 0 Å². The van der Waals surface area contributed by atoms with E-state index in [9.17, 15) is 14.4 Å². The fraction of sp³-hybridized carbons (Fsp3) is 0.438. The number of nitrogens with one attached hydrogen (secondary N) is 1. The van der Waals surface area contributed by atoms with E-state index in [1.807, 2.05) is 19.3 Å². The van der Waals surface area contributed by atoms with Gasteiger partial charge in [0.1, 0.15) is 11.7 Å². The Morgan fingerprint density at radius 1 is 1.48 bits per heavy atom. The summed E-state index contributed by atoms with van der Waals surface area (Å²) in [6.07, 6.45) is 4.45. The predicted octanol–water partition coefficient (Wildman–Crippen LogP) is 0.736. The Labute approximate surface area is 134 Å². The number of urea groups is 1. The Hall–Kier alpha value is -2.57. The Bertz CT molecular complexity index is 666. The van der Waals surface area contributed by atoms with Crippen molar-refractivity contribution < 1.29 is 14.4 Å². The third-order valence-corrected chi connectivity index (χ3v) is 4.45. The fourth-order valence-electron chi connectivity index (χ4n) is 3.24. The number of piperidine rings is 1. The molecule has 122 valence electrons. The van der Waals surface area contributed by atoms with Crippen molar-refractivity contribution in [1.29, 1.82) is 0 Å². The van der Waals surface area contributed by atoms with E-state index in [1.165, 1.54) is 4.90 Å². The molecular formula is C16H20N4O3. The predicted molar refractivity (Wildman–Crippen MR) is 83.7 cm³/mol. The maximum absolute atomic E-state index is 12.4. The van der Waals surface area contributed by atoms with Gasteiger partial charge in [-0.3, -0.25) is 14.5 Å². The SMILES string of the molecule is C=CCN1C(=O)[C@@H]2C[C@@H](NC(=O)c3cccn3C)CCN2C1=O. The third kappa shape index (κ3) is 2.62. The zero-order valence-corrected chi connectivity index (χ0v) is 13.1. The summed E-state index contributed by atoms with van der Waals surface area (Å²) < 4.78 is 1.75. The van der Waals surface area contributed by atoms with Crippen LogP contribution in [0.15, 0.2) is 31.0 Å². The smallest absolute Gasteiger partial charge is 0.327 e. The van der Waals surface area contributed by atoms with Gasteiger partial charge < -0.3 is 14.8 Å². The first-order chi connectivity index (χ1) is 11.0. The number of carbonyl (C=O) groups excluding carboxylic acids is 3. The average molecular weight is 316 g/mol. The summed E-state index contributed by atoms with van der Waals surface area (Å²) in [5.74, 6) is -0.358. The summed E-state index contributed by atoms with van der Waals surface area (Å²) in [5.41, 5.74) is 0.578. The van der Waals surface area contributed by atoms with E-state index in [-0.39, 0.29) is 30.4 Å². The second-order valence-corrected chi connectivity index (χ2v) is 5.93. The summed E-state index contributed by atoms with van der Waals surface area (Å²) in [6, 6.07) is 2.71. The molecule has 7 nitrogen and oxygen atoms in total. The van der Waals surface area contributed by atoms with Crippen LogP contribution in [0.1, 0.15) is 23.3 Å². The molecule has 2 aliphatic rings. The molecule has 1 aromatic heterocycles. The zero-order valence-electron chi connectivity index (χ0n) is 13.1. The topological polar surface area (TPSA) is 74.7 Å². The molecule has 7 heteroatoms. The van der Waals surface area contributed by atoms with E-state index in [2.05, 4.69) is 11.9 Å². The van der Waals surface area contributed by atoms with Crippen LogP contribution in [-0.2, 0) is 11.8 Å². The van der Waals surface area contributed by atoms with Crippen molar-refractivity contribution in [2.45, 2.75) is 24.9 Å². The average Bonchev–Trinajstić information content (AvgIpc) is 3.05. The number of hydrogen-bond acceptors (Lipinski definition) is 3. The number of fused-ring (bicyclic) bond motifs is 1. The summed E-state index contributed by atoms with van der Waals surface area (Å²) in [7, 11) is 1.81. The van der Waals surface area contributed by atoms with Gasteiger partial charge in [0, 0.05) is 32.4 Å². The number of aryl methyl sites for hydroxylation is 1. The zero-order chi connectivity index (χ0) is 16.6. The number of aromatic nitrogens is 1. The molecule has 0 unspecified atom stereocenters. The molecule has 23 heavy (non-hydrogen) atoms. The van der Waals surface area contributed by atoms with Crippen molar-refractivity contribution in [3.63, 3.8) is 0 Å². The molecule has 4 amide bonds. The largest absolute Gasteiger partial charge is 0.348 e. The van der Waals surface area contributed by atoms with Gasteiger partial charge in [0.05, 0.1) is 0 Å². The maximum atomic E-state index is 12.4. The normalized spacial score (nSPS) is 23.9. The first-order valence-electron chi connectivity index (χ1n) is 7.68. The monoisotopic (exact) mass is 316 g/mol. The highest BCUT2D eigenvalue weighted by atomic mass is 16.2. The summed E-state index contributed by atoms with van der Waals surface area (Å²) >= 11 is 0. The molecule has 0 saturated carbocycles. The molecule has 0 radical (unpaired) electrons. The lowest BCUT2D eigenvalue weighted by molar-refractivity contribution is -0.128. The lowest BCUT2D eigenvalue weighted by Gasteiger charge is -2.32. The van der Waals surface area contributed by atoms with E-state index in [4.69, 9.17) is 0 Å². The number of amides is 4. The highest BCUT2D eigenvalue weighted by molar-refractivity contribution is 6.04. The molecule has 2 atom stereocenters. The van der Waals surface area contributed by atoms with Crippen molar-refractivity contribution >= 4 is 17.8 Å². The van der Waals surface area contributed by atoms with Gasteiger partial charge in [0.15, 0.2) is 0 Å². The van der Waals surface area contributed by atoms with Crippen molar-refractivity contribution in [2.24, 2.45) is 7.05 Å². The molecule has 2 saturated heterocycles. The summed E-state index contributed by atoms with van der Waals surface area (Å²) in [4.78, 5) is 39.6. The van der Waals surface area contributed by atoms with Crippen molar-refractivity contribution in [3.05, 3.63) is 36.7 Å². The van der Waals surface area contributed by atoms with Crippen LogP contribution in [0.4, 0.5) is 4.79 Å². The van der Waals surface area contributed by atoms with Crippen LogP contribution in [-0.4, -0.2) is 57.4 Å². The second kappa shape index (κ2) is 5.91. The Kier molecular flexibility index (Phi) is 3.94. The number of imide groups is 1. The van der Waals surface area contributed by atoms with Gasteiger partial charge in [-0.25, -0.2) is 4.79 Å². The molecule has 0 spiro atoms. The third-order valence-electron chi connectivity index (χ3n) is 4.45. The number of hydrogen-bond donors (Lipinski definition) is 1. The van der Waals surface area contributed by atoms with Crippen LogP contribution in [0.3, 0.4) is 0 Å². The van der Waals surface area contributed by atoms with Crippen LogP contribution in [0.5, 0.6) is 0 Å². The first kappa shape index (κ1) is 15.3. The molecule has 1 aromatic rings. The molecule has 0 aliphatic carbocycles. The van der Waals surface area contributed by atoms with Gasteiger partial charge in [-0.1, -0.05) is 6.08 Å². The highest BCUT2D eigenvalue weighted by Gasteiger charge is 2.47. The van der Waals surface area contributed by atoms with Crippen molar-refractivity contribution in [2.75, 3.05) is 13.1 Å². The van der Waals surface area contributed by atoms with Gasteiger partial charge in [-0.2, -0.15) is 0 Å². The van der Waals surface area contributed by atoms with Crippen molar-refractivity contribution in [1.82, 2.24) is 19.7 Å². The van der Waals surface area contributed by atoms with E-state index in [0.717, 1.165) is 0 Å². The van der Waals surface area contributed by atoms with E-state index in [0.29, 0.717) is 25.1 Å². The van der Waals surface area contributed by atoms with Crippen molar-refractivity contribution in [3.8, 4) is 0 Å². The molecule has 3 rings (SSSR count). The standard InChI is InChI=1S/C16H20N4O3/c1-3-7-20-15(22)13-10-11(6-9-19(13)16(20)23)17-14(21)12-5-4-8-18(12)2/h3-5,8,11,13H,1,6-7,9-10H2,2H3,(H,17,21)/t11-,13-/m0/s1. The Balaban J connectivity index is 1.67. The second-order valence-electron chi connectivity index (χ2n) is 5.93. The highest BCUT2D eigenvalue weighted by Crippen LogP contribution is 2.27. The molecule has 2 fully saturated rings. The lowest BCUT2D eigenvalue weighted by Crippen LogP contribution is -2.50. The van der Waals surface area contributed by atoms with Gasteiger partial charge >= 0.3 is 6.03 Å². The van der Waals surface area contributed by atoms with E-state index < -0.39 is 6.04 Å². The number of carbonyl (C=O) groups is 3.